The van der Waals surface area contributed by atoms with Crippen molar-refractivity contribution in [3.8, 4) is 0 Å². The number of nitrogens with one attached hydrogen (secondary N) is 2. The highest BCUT2D eigenvalue weighted by Gasteiger charge is 2.04. The van der Waals surface area contributed by atoms with Gasteiger partial charge in [-0.1, -0.05) is 30.3 Å². The van der Waals surface area contributed by atoms with Gasteiger partial charge in [-0.05, 0) is 54.9 Å². The Hall–Kier alpha value is -1.94. The summed E-state index contributed by atoms with van der Waals surface area (Å²) in [4.78, 5) is 0. The molecule has 0 amide bonds. The average Bonchev–Trinajstić information content (AvgIpc) is 2.42. The molecular formula is C16H17FN2S. The van der Waals surface area contributed by atoms with Crippen molar-refractivity contribution in [1.29, 1.82) is 0 Å². The molecule has 0 aromatic heterocycles. The number of para-hydroxylation sites is 1. The van der Waals surface area contributed by atoms with E-state index in [4.69, 9.17) is 12.2 Å². The van der Waals surface area contributed by atoms with E-state index in [0.717, 1.165) is 22.4 Å². The van der Waals surface area contributed by atoms with Gasteiger partial charge in [0.05, 0.1) is 0 Å². The fourth-order valence-electron chi connectivity index (χ4n) is 1.95. The first kappa shape index (κ1) is 14.5. The lowest BCUT2D eigenvalue weighted by Crippen LogP contribution is -2.28. The first-order chi connectivity index (χ1) is 9.56. The minimum Gasteiger partial charge on any atom is -0.358 e. The highest BCUT2D eigenvalue weighted by molar-refractivity contribution is 7.80. The first-order valence-corrected chi connectivity index (χ1v) is 6.82. The van der Waals surface area contributed by atoms with Crippen molar-refractivity contribution in [2.24, 2.45) is 0 Å². The van der Waals surface area contributed by atoms with E-state index < -0.39 is 0 Å². The molecule has 0 saturated carbocycles. The van der Waals surface area contributed by atoms with Crippen LogP contribution in [0.2, 0.25) is 0 Å². The molecule has 2 N–H and O–H groups in total. The summed E-state index contributed by atoms with van der Waals surface area (Å²) in [5.41, 5.74) is 4.31. The second-order valence-corrected chi connectivity index (χ2v) is 5.11. The minimum absolute atomic E-state index is 0.231. The van der Waals surface area contributed by atoms with Crippen LogP contribution in [0.5, 0.6) is 0 Å². The first-order valence-electron chi connectivity index (χ1n) is 6.42. The maximum atomic E-state index is 12.8. The fourth-order valence-corrected chi connectivity index (χ4v) is 2.13. The lowest BCUT2D eigenvalue weighted by atomic mass is 10.1. The normalized spacial score (nSPS) is 10.2. The fraction of sp³-hybridized carbons (Fsp3) is 0.188. The van der Waals surface area contributed by atoms with E-state index in [-0.39, 0.29) is 5.82 Å². The molecular weight excluding hydrogens is 271 g/mol. The predicted molar refractivity (Wildman–Crippen MR) is 85.4 cm³/mol. The van der Waals surface area contributed by atoms with Gasteiger partial charge in [-0.2, -0.15) is 0 Å². The molecule has 0 aliphatic rings. The minimum atomic E-state index is -0.231. The molecule has 0 bridgehead atoms. The molecule has 2 rings (SSSR count). The largest absolute Gasteiger partial charge is 0.358 e. The Bertz CT molecular complexity index is 588. The maximum absolute atomic E-state index is 12.8. The highest BCUT2D eigenvalue weighted by Crippen LogP contribution is 2.19. The lowest BCUT2D eigenvalue weighted by Gasteiger charge is -2.14. The van der Waals surface area contributed by atoms with Crippen LogP contribution < -0.4 is 10.6 Å². The third-order valence-electron chi connectivity index (χ3n) is 3.09. The summed E-state index contributed by atoms with van der Waals surface area (Å²) in [5.74, 6) is -0.231. The number of benzene rings is 2. The van der Waals surface area contributed by atoms with Gasteiger partial charge in [-0.25, -0.2) is 4.39 Å². The van der Waals surface area contributed by atoms with Crippen LogP contribution in [0.25, 0.3) is 0 Å². The number of aryl methyl sites for hydroxylation is 2. The van der Waals surface area contributed by atoms with E-state index in [0.29, 0.717) is 11.7 Å². The van der Waals surface area contributed by atoms with Gasteiger partial charge in [-0.3, -0.25) is 0 Å². The van der Waals surface area contributed by atoms with E-state index in [1.807, 2.05) is 32.0 Å². The molecule has 4 heteroatoms. The van der Waals surface area contributed by atoms with Crippen LogP contribution in [0, 0.1) is 19.7 Å². The number of anilines is 1. The standard InChI is InChI=1S/C16H17FN2S/c1-11-4-3-5-12(2)15(11)19-16(20)18-10-13-6-8-14(17)9-7-13/h3-9H,10H2,1-2H3,(H2,18,19,20). The van der Waals surface area contributed by atoms with Crippen molar-refractivity contribution in [3.05, 3.63) is 65.0 Å². The molecule has 2 aromatic rings. The van der Waals surface area contributed by atoms with Crippen molar-refractivity contribution in [1.82, 2.24) is 5.32 Å². The number of halogens is 1. The van der Waals surface area contributed by atoms with E-state index in [1.54, 1.807) is 12.1 Å². The maximum Gasteiger partial charge on any atom is 0.171 e. The molecule has 0 aliphatic heterocycles. The van der Waals surface area contributed by atoms with Crippen molar-refractivity contribution >= 4 is 23.0 Å². The van der Waals surface area contributed by atoms with Crippen LogP contribution in [-0.2, 0) is 6.54 Å². The number of rotatable bonds is 3. The monoisotopic (exact) mass is 288 g/mol. The summed E-state index contributed by atoms with van der Waals surface area (Å²) >= 11 is 5.28. The molecule has 0 radical (unpaired) electrons. The molecule has 104 valence electrons. The molecule has 0 aliphatic carbocycles. The van der Waals surface area contributed by atoms with Gasteiger partial charge >= 0.3 is 0 Å². The summed E-state index contributed by atoms with van der Waals surface area (Å²) in [5, 5.41) is 6.89. The molecule has 2 aromatic carbocycles. The Labute approximate surface area is 124 Å². The van der Waals surface area contributed by atoms with Crippen molar-refractivity contribution in [2.45, 2.75) is 20.4 Å². The zero-order chi connectivity index (χ0) is 14.5. The lowest BCUT2D eigenvalue weighted by molar-refractivity contribution is 0.627. The zero-order valence-electron chi connectivity index (χ0n) is 11.5. The highest BCUT2D eigenvalue weighted by atomic mass is 32.1. The predicted octanol–water partition coefficient (Wildman–Crippen LogP) is 3.93. The van der Waals surface area contributed by atoms with Crippen LogP contribution in [0.15, 0.2) is 42.5 Å². The van der Waals surface area contributed by atoms with Crippen molar-refractivity contribution < 1.29 is 4.39 Å². The van der Waals surface area contributed by atoms with Crippen LogP contribution in [-0.4, -0.2) is 5.11 Å². The van der Waals surface area contributed by atoms with E-state index in [2.05, 4.69) is 10.6 Å². The van der Waals surface area contributed by atoms with Crippen LogP contribution in [0.1, 0.15) is 16.7 Å². The quantitative estimate of drug-likeness (QED) is 0.837. The Morgan fingerprint density at radius 1 is 1.05 bits per heavy atom. The Morgan fingerprint density at radius 3 is 2.25 bits per heavy atom. The SMILES string of the molecule is Cc1cccc(C)c1NC(=S)NCc1ccc(F)cc1. The Kier molecular flexibility index (Phi) is 4.69. The molecule has 0 spiro atoms. The number of hydrogen-bond acceptors (Lipinski definition) is 1. The zero-order valence-corrected chi connectivity index (χ0v) is 12.4. The van der Waals surface area contributed by atoms with E-state index in [1.165, 1.54) is 12.1 Å². The number of thiocarbonyl (C=S) groups is 1. The second-order valence-electron chi connectivity index (χ2n) is 4.70. The molecule has 0 saturated heterocycles. The van der Waals surface area contributed by atoms with Crippen LogP contribution in [0.3, 0.4) is 0 Å². The summed E-state index contributed by atoms with van der Waals surface area (Å²) in [6.07, 6.45) is 0. The average molecular weight is 288 g/mol. The smallest absolute Gasteiger partial charge is 0.171 e. The molecule has 0 heterocycles. The van der Waals surface area contributed by atoms with Gasteiger partial charge in [0.1, 0.15) is 5.82 Å². The molecule has 20 heavy (non-hydrogen) atoms. The topological polar surface area (TPSA) is 24.1 Å². The van der Waals surface area contributed by atoms with E-state index >= 15 is 0 Å². The van der Waals surface area contributed by atoms with Gasteiger partial charge in [0.15, 0.2) is 5.11 Å². The third-order valence-corrected chi connectivity index (χ3v) is 3.33. The Balaban J connectivity index is 1.94. The Morgan fingerprint density at radius 2 is 1.65 bits per heavy atom. The van der Waals surface area contributed by atoms with E-state index in [9.17, 15) is 4.39 Å². The molecule has 0 fully saturated rings. The van der Waals surface area contributed by atoms with Gasteiger partial charge < -0.3 is 10.6 Å². The van der Waals surface area contributed by atoms with Crippen LogP contribution in [0.4, 0.5) is 10.1 Å². The third kappa shape index (κ3) is 3.78. The van der Waals surface area contributed by atoms with Gasteiger partial charge in [0, 0.05) is 12.2 Å². The van der Waals surface area contributed by atoms with Gasteiger partial charge in [0.25, 0.3) is 0 Å². The summed E-state index contributed by atoms with van der Waals surface area (Å²) in [6.45, 7) is 4.65. The summed E-state index contributed by atoms with van der Waals surface area (Å²) < 4.78 is 12.8. The molecule has 2 nitrogen and oxygen atoms in total. The van der Waals surface area contributed by atoms with Crippen molar-refractivity contribution in [3.63, 3.8) is 0 Å². The van der Waals surface area contributed by atoms with Crippen molar-refractivity contribution in [2.75, 3.05) is 5.32 Å². The van der Waals surface area contributed by atoms with Crippen LogP contribution >= 0.6 is 12.2 Å². The molecule has 0 unspecified atom stereocenters. The summed E-state index contributed by atoms with van der Waals surface area (Å²) in [6, 6.07) is 12.5. The summed E-state index contributed by atoms with van der Waals surface area (Å²) in [7, 11) is 0. The molecule has 0 atom stereocenters. The van der Waals surface area contributed by atoms with Gasteiger partial charge in [-0.15, -0.1) is 0 Å². The second kappa shape index (κ2) is 6.48. The van der Waals surface area contributed by atoms with Gasteiger partial charge in [0.2, 0.25) is 0 Å². The number of hydrogen-bond donors (Lipinski definition) is 2.